The summed E-state index contributed by atoms with van der Waals surface area (Å²) in [5.41, 5.74) is 0. The molecule has 2 aliphatic heterocycles. The second-order valence-electron chi connectivity index (χ2n) is 4.67. The van der Waals surface area contributed by atoms with Crippen LogP contribution in [0.3, 0.4) is 0 Å². The smallest absolute Gasteiger partial charge is 0.242 e. The summed E-state index contributed by atoms with van der Waals surface area (Å²) in [6.07, 6.45) is 2.63. The van der Waals surface area contributed by atoms with E-state index in [1.165, 1.54) is 0 Å². The van der Waals surface area contributed by atoms with Gasteiger partial charge < -0.3 is 15.1 Å². The van der Waals surface area contributed by atoms with Gasteiger partial charge in [0.05, 0.1) is 6.54 Å². The van der Waals surface area contributed by atoms with Crippen LogP contribution in [0.1, 0.15) is 19.3 Å². The molecule has 0 aromatic heterocycles. The van der Waals surface area contributed by atoms with Crippen LogP contribution in [0.4, 0.5) is 0 Å². The molecule has 0 radical (unpaired) electrons. The van der Waals surface area contributed by atoms with Crippen LogP contribution >= 0.6 is 0 Å². The Morgan fingerprint density at radius 3 is 2.88 bits per heavy atom. The summed E-state index contributed by atoms with van der Waals surface area (Å²) in [5.74, 6) is 0.0474. The molecule has 90 valence electrons. The fourth-order valence-electron chi connectivity index (χ4n) is 2.49. The van der Waals surface area contributed by atoms with Gasteiger partial charge in [-0.15, -0.1) is 0 Å². The van der Waals surface area contributed by atoms with Gasteiger partial charge in [0.2, 0.25) is 11.8 Å². The highest BCUT2D eigenvalue weighted by molar-refractivity contribution is 5.87. The molecule has 5 nitrogen and oxygen atoms in total. The Balaban J connectivity index is 2.00. The number of carbonyl (C=O) groups excluding carboxylic acids is 2. The first-order valence-electron chi connectivity index (χ1n) is 5.91. The molecule has 0 saturated carbocycles. The van der Waals surface area contributed by atoms with E-state index < -0.39 is 0 Å². The molecular weight excluding hydrogens is 206 g/mol. The molecule has 2 fully saturated rings. The minimum Gasteiger partial charge on any atom is -0.347 e. The normalized spacial score (nSPS) is 28.8. The fraction of sp³-hybridized carbons (Fsp3) is 0.818. The molecule has 2 rings (SSSR count). The van der Waals surface area contributed by atoms with Gasteiger partial charge in [0.25, 0.3) is 0 Å². The van der Waals surface area contributed by atoms with Crippen LogP contribution in [0.15, 0.2) is 0 Å². The Morgan fingerprint density at radius 1 is 1.31 bits per heavy atom. The van der Waals surface area contributed by atoms with Gasteiger partial charge in [-0.25, -0.2) is 0 Å². The number of likely N-dealkylation sites (tertiary alicyclic amines) is 1. The Bertz CT molecular complexity index is 293. The third-order valence-electron chi connectivity index (χ3n) is 3.38. The minimum absolute atomic E-state index is 0.0139. The molecule has 0 spiro atoms. The summed E-state index contributed by atoms with van der Waals surface area (Å²) in [6, 6.07) is 0.291. The average molecular weight is 225 g/mol. The molecule has 0 aliphatic carbocycles. The van der Waals surface area contributed by atoms with Crippen molar-refractivity contribution in [2.45, 2.75) is 25.3 Å². The lowest BCUT2D eigenvalue weighted by Crippen LogP contribution is -2.50. The van der Waals surface area contributed by atoms with Gasteiger partial charge in [0, 0.05) is 25.6 Å². The highest BCUT2D eigenvalue weighted by Crippen LogP contribution is 2.16. The fourth-order valence-corrected chi connectivity index (χ4v) is 2.49. The van der Waals surface area contributed by atoms with Gasteiger partial charge in [0.1, 0.15) is 0 Å². The summed E-state index contributed by atoms with van der Waals surface area (Å²) in [7, 11) is 2.08. The lowest BCUT2D eigenvalue weighted by molar-refractivity contribution is -0.133. The largest absolute Gasteiger partial charge is 0.347 e. The predicted octanol–water partition coefficient (Wildman–Crippen LogP) is -0.571. The highest BCUT2D eigenvalue weighted by Gasteiger charge is 2.29. The maximum Gasteiger partial charge on any atom is 0.242 e. The Morgan fingerprint density at radius 2 is 2.12 bits per heavy atom. The number of nitrogens with zero attached hydrogens (tertiary/aromatic N) is 2. The maximum absolute atomic E-state index is 11.9. The van der Waals surface area contributed by atoms with Crippen molar-refractivity contribution >= 4 is 11.8 Å². The van der Waals surface area contributed by atoms with Gasteiger partial charge in [0.15, 0.2) is 0 Å². The average Bonchev–Trinajstić information content (AvgIpc) is 2.42. The van der Waals surface area contributed by atoms with Crippen LogP contribution in [0.25, 0.3) is 0 Å². The molecule has 5 heteroatoms. The summed E-state index contributed by atoms with van der Waals surface area (Å²) in [4.78, 5) is 27.2. The number of piperidine rings is 1. The van der Waals surface area contributed by atoms with E-state index in [9.17, 15) is 9.59 Å². The van der Waals surface area contributed by atoms with Gasteiger partial charge in [-0.1, -0.05) is 0 Å². The SMILES string of the molecule is CN1CCCC(N2CCC(=O)NCC2=O)C1. The molecule has 2 aliphatic rings. The van der Waals surface area contributed by atoms with Crippen LogP contribution in [0.2, 0.25) is 0 Å². The summed E-state index contributed by atoms with van der Waals surface area (Å²) >= 11 is 0. The second kappa shape index (κ2) is 4.82. The van der Waals surface area contributed by atoms with Crippen LogP contribution in [0, 0.1) is 0 Å². The van der Waals surface area contributed by atoms with Crippen LogP contribution in [0.5, 0.6) is 0 Å². The molecule has 0 aromatic rings. The van der Waals surface area contributed by atoms with Crippen molar-refractivity contribution in [2.75, 3.05) is 33.2 Å². The first kappa shape index (κ1) is 11.4. The van der Waals surface area contributed by atoms with Crippen molar-refractivity contribution in [3.05, 3.63) is 0 Å². The van der Waals surface area contributed by atoms with E-state index in [-0.39, 0.29) is 18.4 Å². The Hall–Kier alpha value is -1.10. The Labute approximate surface area is 95.8 Å². The van der Waals surface area contributed by atoms with Crippen LogP contribution in [-0.4, -0.2) is 60.9 Å². The van der Waals surface area contributed by atoms with E-state index in [1.54, 1.807) is 0 Å². The van der Waals surface area contributed by atoms with Crippen molar-refractivity contribution in [1.82, 2.24) is 15.1 Å². The number of rotatable bonds is 1. The monoisotopic (exact) mass is 225 g/mol. The number of amides is 2. The lowest BCUT2D eigenvalue weighted by atomic mass is 10.0. The first-order valence-corrected chi connectivity index (χ1v) is 5.91. The topological polar surface area (TPSA) is 52.6 Å². The van der Waals surface area contributed by atoms with E-state index in [0.29, 0.717) is 19.0 Å². The third kappa shape index (κ3) is 2.52. The van der Waals surface area contributed by atoms with Crippen molar-refractivity contribution in [1.29, 1.82) is 0 Å². The maximum atomic E-state index is 11.9. The molecule has 2 amide bonds. The van der Waals surface area contributed by atoms with Crippen molar-refractivity contribution in [3.63, 3.8) is 0 Å². The van der Waals surface area contributed by atoms with Gasteiger partial charge in [-0.3, -0.25) is 9.59 Å². The van der Waals surface area contributed by atoms with E-state index in [4.69, 9.17) is 0 Å². The van der Waals surface area contributed by atoms with Crippen molar-refractivity contribution in [2.24, 2.45) is 0 Å². The Kier molecular flexibility index (Phi) is 3.43. The van der Waals surface area contributed by atoms with Crippen LogP contribution < -0.4 is 5.32 Å². The molecule has 2 heterocycles. The standard InChI is InChI=1S/C11H19N3O2/c1-13-5-2-3-9(8-13)14-6-4-10(15)12-7-11(14)16/h9H,2-8H2,1H3,(H,12,15). The van der Waals surface area contributed by atoms with E-state index in [2.05, 4.69) is 17.3 Å². The number of carbonyl (C=O) groups is 2. The quantitative estimate of drug-likeness (QED) is 0.650. The van der Waals surface area contributed by atoms with E-state index in [1.807, 2.05) is 4.90 Å². The third-order valence-corrected chi connectivity index (χ3v) is 3.38. The number of nitrogens with one attached hydrogen (secondary N) is 1. The molecule has 0 aromatic carbocycles. The molecule has 1 unspecified atom stereocenters. The summed E-state index contributed by atoms with van der Waals surface area (Å²) < 4.78 is 0. The van der Waals surface area contributed by atoms with Gasteiger partial charge >= 0.3 is 0 Å². The highest BCUT2D eigenvalue weighted by atomic mass is 16.2. The predicted molar refractivity (Wildman–Crippen MR) is 59.9 cm³/mol. The zero-order chi connectivity index (χ0) is 11.5. The van der Waals surface area contributed by atoms with Gasteiger partial charge in [-0.05, 0) is 26.4 Å². The van der Waals surface area contributed by atoms with Crippen LogP contribution in [-0.2, 0) is 9.59 Å². The molecule has 1 atom stereocenters. The lowest BCUT2D eigenvalue weighted by Gasteiger charge is -2.37. The minimum atomic E-state index is -0.0139. The molecular formula is C11H19N3O2. The van der Waals surface area contributed by atoms with Crippen molar-refractivity contribution < 1.29 is 9.59 Å². The van der Waals surface area contributed by atoms with E-state index in [0.717, 1.165) is 25.9 Å². The number of likely N-dealkylation sites (N-methyl/N-ethyl adjacent to an activating group) is 1. The summed E-state index contributed by atoms with van der Waals surface area (Å²) in [5, 5.41) is 2.63. The van der Waals surface area contributed by atoms with Gasteiger partial charge in [-0.2, -0.15) is 0 Å². The number of hydrogen-bond donors (Lipinski definition) is 1. The molecule has 1 N–H and O–H groups in total. The zero-order valence-electron chi connectivity index (χ0n) is 9.74. The second-order valence-corrected chi connectivity index (χ2v) is 4.67. The first-order chi connectivity index (χ1) is 7.66. The van der Waals surface area contributed by atoms with E-state index >= 15 is 0 Å². The molecule has 2 saturated heterocycles. The summed E-state index contributed by atoms with van der Waals surface area (Å²) in [6.45, 7) is 2.78. The molecule has 0 bridgehead atoms. The van der Waals surface area contributed by atoms with Crippen molar-refractivity contribution in [3.8, 4) is 0 Å². The number of hydrogen-bond acceptors (Lipinski definition) is 3. The zero-order valence-corrected chi connectivity index (χ0v) is 9.74. The molecule has 16 heavy (non-hydrogen) atoms.